The number of aryl methyl sites for hydroxylation is 3. The standard InChI is InChI=1S/C13H19N5O/c1-5-18-10(3)12(7-15-18)13(19)14-6-11-8-17(4)16-9(11)2/h7-8H,5-6H2,1-4H3,(H,14,19). The molecule has 1 N–H and O–H groups in total. The van der Waals surface area contributed by atoms with Gasteiger partial charge in [-0.3, -0.25) is 14.2 Å². The van der Waals surface area contributed by atoms with Crippen LogP contribution in [-0.4, -0.2) is 25.5 Å². The highest BCUT2D eigenvalue weighted by Gasteiger charge is 2.14. The van der Waals surface area contributed by atoms with E-state index in [9.17, 15) is 4.79 Å². The zero-order chi connectivity index (χ0) is 14.0. The number of aromatic nitrogens is 4. The summed E-state index contributed by atoms with van der Waals surface area (Å²) in [6.07, 6.45) is 3.53. The lowest BCUT2D eigenvalue weighted by Crippen LogP contribution is -2.23. The minimum Gasteiger partial charge on any atom is -0.348 e. The Labute approximate surface area is 112 Å². The van der Waals surface area contributed by atoms with E-state index in [0.717, 1.165) is 23.5 Å². The minimum atomic E-state index is -0.0968. The molecular weight excluding hydrogens is 242 g/mol. The summed E-state index contributed by atoms with van der Waals surface area (Å²) in [6.45, 7) is 7.08. The van der Waals surface area contributed by atoms with E-state index < -0.39 is 0 Å². The van der Waals surface area contributed by atoms with Gasteiger partial charge in [0.2, 0.25) is 0 Å². The van der Waals surface area contributed by atoms with Crippen molar-refractivity contribution in [3.63, 3.8) is 0 Å². The van der Waals surface area contributed by atoms with Gasteiger partial charge in [0.15, 0.2) is 0 Å². The van der Waals surface area contributed by atoms with Crippen LogP contribution in [0.15, 0.2) is 12.4 Å². The van der Waals surface area contributed by atoms with Crippen molar-refractivity contribution in [1.29, 1.82) is 0 Å². The molecule has 2 rings (SSSR count). The van der Waals surface area contributed by atoms with Gasteiger partial charge >= 0.3 is 0 Å². The molecule has 2 aromatic heterocycles. The van der Waals surface area contributed by atoms with Crippen LogP contribution in [0.3, 0.4) is 0 Å². The topological polar surface area (TPSA) is 64.7 Å². The lowest BCUT2D eigenvalue weighted by Gasteiger charge is -2.04. The molecule has 0 bridgehead atoms. The first kappa shape index (κ1) is 13.3. The Bertz CT molecular complexity index is 596. The van der Waals surface area contributed by atoms with Crippen molar-refractivity contribution in [2.24, 2.45) is 7.05 Å². The summed E-state index contributed by atoms with van der Waals surface area (Å²) in [7, 11) is 1.87. The molecule has 102 valence electrons. The van der Waals surface area contributed by atoms with Crippen LogP contribution >= 0.6 is 0 Å². The summed E-state index contributed by atoms with van der Waals surface area (Å²) in [5, 5.41) is 11.3. The second-order valence-corrected chi connectivity index (χ2v) is 4.56. The summed E-state index contributed by atoms with van der Waals surface area (Å²) in [4.78, 5) is 12.1. The Morgan fingerprint density at radius 3 is 2.68 bits per heavy atom. The lowest BCUT2D eigenvalue weighted by atomic mass is 10.2. The van der Waals surface area contributed by atoms with Crippen LogP contribution in [-0.2, 0) is 20.1 Å². The van der Waals surface area contributed by atoms with E-state index in [0.29, 0.717) is 12.1 Å². The number of amides is 1. The van der Waals surface area contributed by atoms with Gasteiger partial charge in [-0.2, -0.15) is 10.2 Å². The number of hydrogen-bond donors (Lipinski definition) is 1. The van der Waals surface area contributed by atoms with E-state index in [4.69, 9.17) is 0 Å². The molecule has 2 heterocycles. The van der Waals surface area contributed by atoms with Gasteiger partial charge in [0.05, 0.1) is 17.5 Å². The first-order valence-corrected chi connectivity index (χ1v) is 6.32. The Morgan fingerprint density at radius 2 is 2.16 bits per heavy atom. The van der Waals surface area contributed by atoms with Crippen molar-refractivity contribution in [2.75, 3.05) is 0 Å². The summed E-state index contributed by atoms with van der Waals surface area (Å²) >= 11 is 0. The lowest BCUT2D eigenvalue weighted by molar-refractivity contribution is 0.0950. The Morgan fingerprint density at radius 1 is 1.42 bits per heavy atom. The van der Waals surface area contributed by atoms with E-state index in [-0.39, 0.29) is 5.91 Å². The van der Waals surface area contributed by atoms with E-state index in [1.165, 1.54) is 0 Å². The zero-order valence-electron chi connectivity index (χ0n) is 11.8. The molecule has 1 amide bonds. The minimum absolute atomic E-state index is 0.0968. The van der Waals surface area contributed by atoms with Crippen LogP contribution in [0.1, 0.15) is 34.2 Å². The number of carbonyl (C=O) groups is 1. The van der Waals surface area contributed by atoms with Crippen LogP contribution in [0.2, 0.25) is 0 Å². The molecule has 0 aromatic carbocycles. The third-order valence-corrected chi connectivity index (χ3v) is 3.20. The maximum absolute atomic E-state index is 12.1. The second-order valence-electron chi connectivity index (χ2n) is 4.56. The highest BCUT2D eigenvalue weighted by Crippen LogP contribution is 2.08. The van der Waals surface area contributed by atoms with Gasteiger partial charge in [-0.15, -0.1) is 0 Å². The fourth-order valence-electron chi connectivity index (χ4n) is 2.08. The first-order chi connectivity index (χ1) is 9.02. The number of nitrogens with zero attached hydrogens (tertiary/aromatic N) is 4. The van der Waals surface area contributed by atoms with E-state index in [1.807, 2.05) is 38.7 Å². The quantitative estimate of drug-likeness (QED) is 0.899. The third-order valence-electron chi connectivity index (χ3n) is 3.20. The molecule has 19 heavy (non-hydrogen) atoms. The van der Waals surface area contributed by atoms with Gasteiger partial charge in [0, 0.05) is 37.6 Å². The third kappa shape index (κ3) is 2.67. The molecule has 0 aliphatic carbocycles. The van der Waals surface area contributed by atoms with Crippen LogP contribution in [0, 0.1) is 13.8 Å². The van der Waals surface area contributed by atoms with Crippen molar-refractivity contribution in [2.45, 2.75) is 33.9 Å². The average molecular weight is 261 g/mol. The molecule has 2 aromatic rings. The van der Waals surface area contributed by atoms with Gasteiger partial charge in [-0.05, 0) is 20.8 Å². The Hall–Kier alpha value is -2.11. The molecule has 6 heteroatoms. The Kier molecular flexibility index (Phi) is 3.69. The van der Waals surface area contributed by atoms with Crippen LogP contribution in [0.25, 0.3) is 0 Å². The number of hydrogen-bond acceptors (Lipinski definition) is 3. The zero-order valence-corrected chi connectivity index (χ0v) is 11.8. The molecule has 0 aliphatic heterocycles. The summed E-state index contributed by atoms with van der Waals surface area (Å²) in [5.74, 6) is -0.0968. The van der Waals surface area contributed by atoms with Crippen molar-refractivity contribution in [3.8, 4) is 0 Å². The van der Waals surface area contributed by atoms with Crippen LogP contribution in [0.5, 0.6) is 0 Å². The number of nitrogens with one attached hydrogen (secondary N) is 1. The first-order valence-electron chi connectivity index (χ1n) is 6.32. The molecule has 0 saturated carbocycles. The molecule has 0 spiro atoms. The molecule has 0 fully saturated rings. The maximum Gasteiger partial charge on any atom is 0.255 e. The van der Waals surface area contributed by atoms with Crippen molar-refractivity contribution < 1.29 is 4.79 Å². The van der Waals surface area contributed by atoms with Gasteiger partial charge in [0.1, 0.15) is 0 Å². The number of rotatable bonds is 4. The van der Waals surface area contributed by atoms with E-state index >= 15 is 0 Å². The normalized spacial score (nSPS) is 10.7. The molecular formula is C13H19N5O. The predicted molar refractivity (Wildman–Crippen MR) is 71.8 cm³/mol. The van der Waals surface area contributed by atoms with Gasteiger partial charge in [-0.1, -0.05) is 0 Å². The summed E-state index contributed by atoms with van der Waals surface area (Å²) in [5.41, 5.74) is 3.48. The second kappa shape index (κ2) is 5.26. The molecule has 0 aliphatic rings. The van der Waals surface area contributed by atoms with E-state index in [2.05, 4.69) is 15.5 Å². The van der Waals surface area contributed by atoms with Crippen LogP contribution < -0.4 is 5.32 Å². The van der Waals surface area contributed by atoms with Crippen molar-refractivity contribution >= 4 is 5.91 Å². The predicted octanol–water partition coefficient (Wildman–Crippen LogP) is 1.18. The molecule has 6 nitrogen and oxygen atoms in total. The summed E-state index contributed by atoms with van der Waals surface area (Å²) in [6, 6.07) is 0. The van der Waals surface area contributed by atoms with Crippen molar-refractivity contribution in [1.82, 2.24) is 24.9 Å². The monoisotopic (exact) mass is 261 g/mol. The fraction of sp³-hybridized carbons (Fsp3) is 0.462. The summed E-state index contributed by atoms with van der Waals surface area (Å²) < 4.78 is 3.56. The highest BCUT2D eigenvalue weighted by atomic mass is 16.1. The SMILES string of the molecule is CCn1ncc(C(=O)NCc2cn(C)nc2C)c1C. The van der Waals surface area contributed by atoms with Crippen molar-refractivity contribution in [3.05, 3.63) is 34.9 Å². The molecule has 0 unspecified atom stereocenters. The van der Waals surface area contributed by atoms with Gasteiger partial charge in [0.25, 0.3) is 5.91 Å². The smallest absolute Gasteiger partial charge is 0.255 e. The average Bonchev–Trinajstić information content (AvgIpc) is 2.89. The van der Waals surface area contributed by atoms with Gasteiger partial charge < -0.3 is 5.32 Å². The Balaban J connectivity index is 2.05. The number of carbonyl (C=O) groups excluding carboxylic acids is 1. The maximum atomic E-state index is 12.1. The highest BCUT2D eigenvalue weighted by molar-refractivity contribution is 5.94. The van der Waals surface area contributed by atoms with Gasteiger partial charge in [-0.25, -0.2) is 0 Å². The molecule has 0 radical (unpaired) electrons. The molecule has 0 atom stereocenters. The van der Waals surface area contributed by atoms with E-state index in [1.54, 1.807) is 10.9 Å². The van der Waals surface area contributed by atoms with Crippen LogP contribution in [0.4, 0.5) is 0 Å². The molecule has 0 saturated heterocycles. The fourth-order valence-corrected chi connectivity index (χ4v) is 2.08. The largest absolute Gasteiger partial charge is 0.348 e.